The summed E-state index contributed by atoms with van der Waals surface area (Å²) < 4.78 is 0. The smallest absolute Gasteiger partial charge is 0.316 e. The first-order chi connectivity index (χ1) is 6.74. The lowest BCUT2D eigenvalue weighted by atomic mass is 10.2. The zero-order valence-electron chi connectivity index (χ0n) is 7.08. The highest BCUT2D eigenvalue weighted by Crippen LogP contribution is 2.15. The van der Waals surface area contributed by atoms with Crippen LogP contribution in [0, 0.1) is 11.2 Å². The number of carbonyl (C=O) groups is 1. The standard InChI is InChI=1S/C9H7IN2OS/c10-14-6-5-7-3-1-2-4-8(7)12-9(11)13/h1-4H,(H3,11,12,13). The minimum absolute atomic E-state index is 0.582. The Kier molecular flexibility index (Phi) is 4.62. The Balaban J connectivity index is 2.96. The van der Waals surface area contributed by atoms with Crippen LogP contribution in [0.2, 0.25) is 0 Å². The Morgan fingerprint density at radius 2 is 2.21 bits per heavy atom. The van der Waals surface area contributed by atoms with Gasteiger partial charge in [0.05, 0.1) is 5.69 Å². The molecule has 5 heteroatoms. The highest BCUT2D eigenvalue weighted by atomic mass is 127. The third-order valence-corrected chi connectivity index (χ3v) is 2.25. The van der Waals surface area contributed by atoms with Crippen molar-refractivity contribution in [2.45, 2.75) is 0 Å². The summed E-state index contributed by atoms with van der Waals surface area (Å²) in [6, 6.07) is 6.67. The first-order valence-electron chi connectivity index (χ1n) is 3.68. The summed E-state index contributed by atoms with van der Waals surface area (Å²) in [5.41, 5.74) is 6.41. The van der Waals surface area contributed by atoms with Gasteiger partial charge in [-0.3, -0.25) is 0 Å². The molecule has 1 aromatic carbocycles. The summed E-state index contributed by atoms with van der Waals surface area (Å²) in [6.45, 7) is 0. The fourth-order valence-corrected chi connectivity index (χ4v) is 1.39. The van der Waals surface area contributed by atoms with Crippen LogP contribution in [-0.2, 0) is 0 Å². The molecule has 0 radical (unpaired) electrons. The molecule has 72 valence electrons. The van der Waals surface area contributed by atoms with E-state index in [1.54, 1.807) is 6.07 Å². The molecule has 1 rings (SSSR count). The van der Waals surface area contributed by atoms with Crippen LogP contribution in [0.25, 0.3) is 0 Å². The predicted molar refractivity (Wildman–Crippen MR) is 68.1 cm³/mol. The van der Waals surface area contributed by atoms with E-state index in [0.717, 1.165) is 5.56 Å². The van der Waals surface area contributed by atoms with Crippen molar-refractivity contribution >= 4 is 41.9 Å². The maximum absolute atomic E-state index is 10.7. The SMILES string of the molecule is NC(=O)Nc1ccccc1C#CSI. The van der Waals surface area contributed by atoms with Crippen LogP contribution in [0.3, 0.4) is 0 Å². The van der Waals surface area contributed by atoms with Crippen LogP contribution in [-0.4, -0.2) is 6.03 Å². The van der Waals surface area contributed by atoms with Crippen molar-refractivity contribution in [3.8, 4) is 11.2 Å². The number of carbonyl (C=O) groups excluding carboxylic acids is 1. The van der Waals surface area contributed by atoms with E-state index < -0.39 is 6.03 Å². The number of hydrogen-bond donors (Lipinski definition) is 2. The number of para-hydroxylation sites is 1. The molecular formula is C9H7IN2OS. The van der Waals surface area contributed by atoms with Crippen molar-refractivity contribution in [2.75, 3.05) is 5.32 Å². The summed E-state index contributed by atoms with van der Waals surface area (Å²) in [5.74, 6) is 2.90. The molecule has 0 atom stereocenters. The maximum Gasteiger partial charge on any atom is 0.316 e. The number of hydrogen-bond acceptors (Lipinski definition) is 2. The Morgan fingerprint density at radius 1 is 1.50 bits per heavy atom. The number of rotatable bonds is 1. The van der Waals surface area contributed by atoms with Crippen LogP contribution in [0.4, 0.5) is 10.5 Å². The summed E-state index contributed by atoms with van der Waals surface area (Å²) in [4.78, 5) is 10.7. The van der Waals surface area contributed by atoms with E-state index in [9.17, 15) is 4.79 Å². The molecular weight excluding hydrogens is 311 g/mol. The third-order valence-electron chi connectivity index (χ3n) is 1.41. The van der Waals surface area contributed by atoms with Crippen LogP contribution >= 0.6 is 30.1 Å². The van der Waals surface area contributed by atoms with Gasteiger partial charge in [-0.25, -0.2) is 4.79 Å². The molecule has 14 heavy (non-hydrogen) atoms. The van der Waals surface area contributed by atoms with Gasteiger partial charge in [0.1, 0.15) is 0 Å². The second kappa shape index (κ2) is 5.78. The van der Waals surface area contributed by atoms with Gasteiger partial charge in [-0.15, -0.1) is 0 Å². The van der Waals surface area contributed by atoms with Crippen LogP contribution < -0.4 is 11.1 Å². The van der Waals surface area contributed by atoms with Crippen LogP contribution in [0.15, 0.2) is 24.3 Å². The lowest BCUT2D eigenvalue weighted by Crippen LogP contribution is -2.19. The number of nitrogens with one attached hydrogen (secondary N) is 1. The second-order valence-corrected chi connectivity index (χ2v) is 4.02. The number of nitrogens with two attached hydrogens (primary N) is 1. The molecule has 0 aliphatic carbocycles. The van der Waals surface area contributed by atoms with Gasteiger partial charge in [0.2, 0.25) is 0 Å². The number of amides is 2. The fourth-order valence-electron chi connectivity index (χ4n) is 0.908. The molecule has 0 bridgehead atoms. The summed E-state index contributed by atoms with van der Waals surface area (Å²) in [6.07, 6.45) is 0. The van der Waals surface area contributed by atoms with E-state index in [4.69, 9.17) is 5.73 Å². The fraction of sp³-hybridized carbons (Fsp3) is 0. The maximum atomic E-state index is 10.7. The Morgan fingerprint density at radius 3 is 2.86 bits per heavy atom. The van der Waals surface area contributed by atoms with Crippen molar-refractivity contribution in [1.82, 2.24) is 0 Å². The molecule has 0 saturated carbocycles. The van der Waals surface area contributed by atoms with Crippen molar-refractivity contribution in [3.63, 3.8) is 0 Å². The molecule has 1 aromatic rings. The van der Waals surface area contributed by atoms with Gasteiger partial charge in [-0.1, -0.05) is 18.1 Å². The Hall–Kier alpha value is -0.870. The summed E-state index contributed by atoms with van der Waals surface area (Å²) >= 11 is 2.08. The Bertz CT molecular complexity index is 397. The zero-order chi connectivity index (χ0) is 10.4. The third kappa shape index (κ3) is 3.47. The van der Waals surface area contributed by atoms with E-state index >= 15 is 0 Å². The quantitative estimate of drug-likeness (QED) is 0.618. The number of primary amides is 1. The number of halogens is 1. The van der Waals surface area contributed by atoms with Gasteiger partial charge in [-0.05, 0) is 26.3 Å². The predicted octanol–water partition coefficient (Wildman–Crippen LogP) is 2.57. The van der Waals surface area contributed by atoms with E-state index in [-0.39, 0.29) is 0 Å². The van der Waals surface area contributed by atoms with Crippen molar-refractivity contribution < 1.29 is 4.79 Å². The molecule has 3 nitrogen and oxygen atoms in total. The Labute approximate surface area is 98.4 Å². The average molecular weight is 318 g/mol. The minimum atomic E-state index is -0.582. The molecule has 0 spiro atoms. The van der Waals surface area contributed by atoms with Crippen molar-refractivity contribution in [1.29, 1.82) is 0 Å². The van der Waals surface area contributed by atoms with Gasteiger partial charge in [0, 0.05) is 26.8 Å². The van der Waals surface area contributed by atoms with Crippen LogP contribution in [0.5, 0.6) is 0 Å². The lowest BCUT2D eigenvalue weighted by Gasteiger charge is -2.03. The number of anilines is 1. The summed E-state index contributed by atoms with van der Waals surface area (Å²) in [7, 11) is 1.39. The highest BCUT2D eigenvalue weighted by molar-refractivity contribution is 14.2. The van der Waals surface area contributed by atoms with E-state index in [1.807, 2.05) is 18.2 Å². The second-order valence-electron chi connectivity index (χ2n) is 2.34. The minimum Gasteiger partial charge on any atom is -0.351 e. The zero-order valence-corrected chi connectivity index (χ0v) is 10.1. The highest BCUT2D eigenvalue weighted by Gasteiger charge is 1.99. The van der Waals surface area contributed by atoms with E-state index in [2.05, 4.69) is 37.7 Å². The average Bonchev–Trinajstić information content (AvgIpc) is 2.16. The van der Waals surface area contributed by atoms with Gasteiger partial charge in [0.15, 0.2) is 0 Å². The first kappa shape index (κ1) is 11.2. The van der Waals surface area contributed by atoms with Gasteiger partial charge in [0.25, 0.3) is 0 Å². The van der Waals surface area contributed by atoms with Crippen molar-refractivity contribution in [3.05, 3.63) is 29.8 Å². The molecule has 0 aliphatic rings. The molecule has 3 N–H and O–H groups in total. The normalized spacial score (nSPS) is 8.64. The van der Waals surface area contributed by atoms with Crippen molar-refractivity contribution in [2.24, 2.45) is 5.73 Å². The molecule has 2 amide bonds. The van der Waals surface area contributed by atoms with Gasteiger partial charge >= 0.3 is 6.03 Å². The molecule has 0 saturated heterocycles. The van der Waals surface area contributed by atoms with Crippen LogP contribution in [0.1, 0.15) is 5.56 Å². The number of benzene rings is 1. The topological polar surface area (TPSA) is 55.1 Å². The molecule has 0 unspecified atom stereocenters. The number of urea groups is 1. The lowest BCUT2D eigenvalue weighted by molar-refractivity contribution is 0.259. The van der Waals surface area contributed by atoms with Gasteiger partial charge < -0.3 is 11.1 Å². The van der Waals surface area contributed by atoms with Gasteiger partial charge in [-0.2, -0.15) is 0 Å². The first-order valence-corrected chi connectivity index (χ1v) is 7.04. The van der Waals surface area contributed by atoms with E-state index in [1.165, 1.54) is 8.93 Å². The molecule has 0 aromatic heterocycles. The molecule has 0 aliphatic heterocycles. The summed E-state index contributed by atoms with van der Waals surface area (Å²) in [5, 5.41) is 5.35. The molecule has 0 heterocycles. The molecule has 0 fully saturated rings. The largest absolute Gasteiger partial charge is 0.351 e. The monoisotopic (exact) mass is 318 g/mol. The van der Waals surface area contributed by atoms with E-state index in [0.29, 0.717) is 5.69 Å².